The zero-order valence-corrected chi connectivity index (χ0v) is 10.4. The van der Waals surface area contributed by atoms with E-state index in [1.807, 2.05) is 30.5 Å². The number of nitrogens with two attached hydrogens (primary N) is 1. The van der Waals surface area contributed by atoms with Crippen LogP contribution in [-0.4, -0.2) is 27.3 Å². The molecule has 0 amide bonds. The molecule has 1 atom stereocenters. The number of para-hydroxylation sites is 1. The molecule has 0 radical (unpaired) electrons. The van der Waals surface area contributed by atoms with Crippen molar-refractivity contribution in [2.75, 3.05) is 11.3 Å². The van der Waals surface area contributed by atoms with Crippen LogP contribution in [0.5, 0.6) is 0 Å². The Kier molecular flexibility index (Phi) is 2.71. The van der Waals surface area contributed by atoms with Crippen molar-refractivity contribution >= 4 is 24.1 Å². The zero-order valence-electron chi connectivity index (χ0n) is 10.4. The topological polar surface area (TPSA) is 93.5 Å². The fourth-order valence-electron chi connectivity index (χ4n) is 1.87. The lowest BCUT2D eigenvalue weighted by Crippen LogP contribution is -2.13. The third-order valence-electron chi connectivity index (χ3n) is 2.94. The molecule has 2 heterocycles. The number of nitrogens with zero attached hydrogens (tertiary/aromatic N) is 5. The van der Waals surface area contributed by atoms with Crippen molar-refractivity contribution in [2.24, 2.45) is 10.1 Å². The maximum absolute atomic E-state index is 5.70. The molecule has 7 heteroatoms. The molecule has 0 bridgehead atoms. The summed E-state index contributed by atoms with van der Waals surface area (Å²) in [5.74, 6) is 6.79. The molecule has 0 aliphatic carbocycles. The third-order valence-corrected chi connectivity index (χ3v) is 2.94. The number of hydrogen-bond acceptors (Lipinski definition) is 6. The van der Waals surface area contributed by atoms with Gasteiger partial charge in [0, 0.05) is 12.4 Å². The van der Waals surface area contributed by atoms with Gasteiger partial charge in [0.05, 0.1) is 11.6 Å². The van der Waals surface area contributed by atoms with Crippen LogP contribution in [0.3, 0.4) is 0 Å². The van der Waals surface area contributed by atoms with E-state index in [2.05, 4.69) is 25.7 Å². The molecule has 2 aromatic rings. The van der Waals surface area contributed by atoms with Gasteiger partial charge in [-0.2, -0.15) is 5.10 Å². The van der Waals surface area contributed by atoms with Crippen LogP contribution in [0.25, 0.3) is 0 Å². The van der Waals surface area contributed by atoms with Crippen molar-refractivity contribution in [3.63, 3.8) is 0 Å². The summed E-state index contributed by atoms with van der Waals surface area (Å²) in [5.41, 5.74) is 4.88. The molecule has 0 saturated carbocycles. The Balaban J connectivity index is 1.72. The van der Waals surface area contributed by atoms with Crippen molar-refractivity contribution in [2.45, 2.75) is 12.8 Å². The van der Waals surface area contributed by atoms with E-state index in [4.69, 9.17) is 5.84 Å². The number of nitrogens with one attached hydrogen (secondary N) is 1. The molecule has 0 fully saturated rings. The van der Waals surface area contributed by atoms with Crippen molar-refractivity contribution < 1.29 is 0 Å². The van der Waals surface area contributed by atoms with Crippen molar-refractivity contribution in [1.29, 1.82) is 0 Å². The summed E-state index contributed by atoms with van der Waals surface area (Å²) in [6.07, 6.45) is 3.62. The standard InChI is InChI=1S/C12H13N7/c1-8-16-18-12(19(8)13)17-15-7-9-6-14-11-5-3-2-4-10(9)11/h2-7,9H,13H2,1H3,(H,17,18)/b15-7-/t9-/m1/s1. The normalized spacial score (nSPS) is 17.0. The van der Waals surface area contributed by atoms with Crippen LogP contribution in [0, 0.1) is 6.92 Å². The van der Waals surface area contributed by atoms with Crippen LogP contribution in [0.2, 0.25) is 0 Å². The molecule has 1 aliphatic rings. The molecule has 3 rings (SSSR count). The predicted octanol–water partition coefficient (Wildman–Crippen LogP) is 1.20. The first kappa shape index (κ1) is 11.4. The monoisotopic (exact) mass is 255 g/mol. The first-order valence-corrected chi connectivity index (χ1v) is 5.85. The van der Waals surface area contributed by atoms with Crippen LogP contribution in [0.1, 0.15) is 17.3 Å². The lowest BCUT2D eigenvalue weighted by molar-refractivity contribution is 0.925. The quantitative estimate of drug-likeness (QED) is 0.489. The van der Waals surface area contributed by atoms with Gasteiger partial charge >= 0.3 is 0 Å². The zero-order chi connectivity index (χ0) is 13.2. The van der Waals surface area contributed by atoms with Gasteiger partial charge in [-0.1, -0.05) is 18.2 Å². The van der Waals surface area contributed by atoms with Gasteiger partial charge in [-0.05, 0) is 18.6 Å². The van der Waals surface area contributed by atoms with E-state index < -0.39 is 0 Å². The van der Waals surface area contributed by atoms with E-state index in [-0.39, 0.29) is 5.92 Å². The van der Waals surface area contributed by atoms with Gasteiger partial charge in [-0.3, -0.25) is 4.99 Å². The summed E-state index contributed by atoms with van der Waals surface area (Å²) >= 11 is 0. The molecule has 1 aromatic carbocycles. The highest BCUT2D eigenvalue weighted by atomic mass is 15.5. The molecular formula is C12H13N7. The first-order valence-electron chi connectivity index (χ1n) is 5.85. The Hall–Kier alpha value is -2.70. The number of aryl methyl sites for hydroxylation is 1. The minimum absolute atomic E-state index is 0.0685. The number of aromatic nitrogens is 3. The average Bonchev–Trinajstić information content (AvgIpc) is 2.97. The van der Waals surface area contributed by atoms with Gasteiger partial charge in [0.2, 0.25) is 0 Å². The van der Waals surface area contributed by atoms with Crippen LogP contribution < -0.4 is 11.3 Å². The van der Waals surface area contributed by atoms with Gasteiger partial charge in [0.1, 0.15) is 0 Å². The van der Waals surface area contributed by atoms with E-state index in [1.165, 1.54) is 4.68 Å². The average molecular weight is 255 g/mol. The third kappa shape index (κ3) is 2.05. The maximum Gasteiger partial charge on any atom is 0.263 e. The lowest BCUT2D eigenvalue weighted by atomic mass is 10.0. The van der Waals surface area contributed by atoms with Crippen LogP contribution in [0.15, 0.2) is 34.4 Å². The highest BCUT2D eigenvalue weighted by molar-refractivity contribution is 5.96. The molecule has 1 aliphatic heterocycles. The van der Waals surface area contributed by atoms with E-state index in [1.54, 1.807) is 13.1 Å². The molecule has 1 aromatic heterocycles. The van der Waals surface area contributed by atoms with Crippen LogP contribution >= 0.6 is 0 Å². The van der Waals surface area contributed by atoms with Gasteiger partial charge in [0.25, 0.3) is 5.95 Å². The molecule has 19 heavy (non-hydrogen) atoms. The summed E-state index contributed by atoms with van der Waals surface area (Å²) in [6, 6.07) is 7.97. The highest BCUT2D eigenvalue weighted by Gasteiger charge is 2.15. The van der Waals surface area contributed by atoms with Crippen molar-refractivity contribution in [3.05, 3.63) is 35.7 Å². The fraction of sp³-hybridized carbons (Fsp3) is 0.167. The minimum atomic E-state index is 0.0685. The Morgan fingerprint density at radius 3 is 3.00 bits per heavy atom. The summed E-state index contributed by atoms with van der Waals surface area (Å²) in [4.78, 5) is 4.33. The number of fused-ring (bicyclic) bond motifs is 1. The summed E-state index contributed by atoms with van der Waals surface area (Å²) in [6.45, 7) is 1.77. The molecule has 7 nitrogen and oxygen atoms in total. The summed E-state index contributed by atoms with van der Waals surface area (Å²) in [5, 5.41) is 11.8. The minimum Gasteiger partial charge on any atom is -0.335 e. The number of rotatable bonds is 3. The number of anilines is 1. The lowest BCUT2D eigenvalue weighted by Gasteiger charge is -2.03. The molecule has 0 unspecified atom stereocenters. The SMILES string of the molecule is Cc1nnc(N/N=C\[C@H]2C=Nc3ccccc32)n1N. The second-order valence-corrected chi connectivity index (χ2v) is 4.19. The molecule has 3 N–H and O–H groups in total. The van der Waals surface area contributed by atoms with Crippen molar-refractivity contribution in [3.8, 4) is 0 Å². The summed E-state index contributed by atoms with van der Waals surface area (Å²) < 4.78 is 1.34. The number of hydrazone groups is 1. The summed E-state index contributed by atoms with van der Waals surface area (Å²) in [7, 11) is 0. The molecule has 0 spiro atoms. The smallest absolute Gasteiger partial charge is 0.263 e. The van der Waals surface area contributed by atoms with Gasteiger partial charge in [-0.15, -0.1) is 10.2 Å². The number of hydrogen-bond donors (Lipinski definition) is 2. The number of nitrogen functional groups attached to an aromatic ring is 1. The highest BCUT2D eigenvalue weighted by Crippen LogP contribution is 2.30. The van der Waals surface area contributed by atoms with Gasteiger partial charge in [0.15, 0.2) is 5.82 Å². The second kappa shape index (κ2) is 4.52. The Morgan fingerprint density at radius 2 is 2.21 bits per heavy atom. The predicted molar refractivity (Wildman–Crippen MR) is 74.4 cm³/mol. The largest absolute Gasteiger partial charge is 0.335 e. The van der Waals surface area contributed by atoms with E-state index in [0.717, 1.165) is 11.3 Å². The Bertz CT molecular complexity index is 656. The van der Waals surface area contributed by atoms with E-state index in [9.17, 15) is 0 Å². The van der Waals surface area contributed by atoms with Crippen LogP contribution in [0.4, 0.5) is 11.6 Å². The van der Waals surface area contributed by atoms with Gasteiger partial charge < -0.3 is 5.84 Å². The maximum atomic E-state index is 5.70. The van der Waals surface area contributed by atoms with E-state index in [0.29, 0.717) is 11.8 Å². The Labute approximate surface area is 109 Å². The van der Waals surface area contributed by atoms with Crippen LogP contribution in [-0.2, 0) is 0 Å². The second-order valence-electron chi connectivity index (χ2n) is 4.19. The molecular weight excluding hydrogens is 242 g/mol. The van der Waals surface area contributed by atoms with Crippen molar-refractivity contribution in [1.82, 2.24) is 14.9 Å². The molecule has 0 saturated heterocycles. The number of aliphatic imine (C=N–C) groups is 1. The number of benzene rings is 1. The van der Waals surface area contributed by atoms with E-state index >= 15 is 0 Å². The first-order chi connectivity index (χ1) is 9.25. The van der Waals surface area contributed by atoms with Gasteiger partial charge in [-0.25, -0.2) is 10.1 Å². The molecule has 96 valence electrons. The Morgan fingerprint density at radius 1 is 1.37 bits per heavy atom. The fourth-order valence-corrected chi connectivity index (χ4v) is 1.87.